The fraction of sp³-hybridized carbons (Fsp3) is 0.733. The zero-order valence-electron chi connectivity index (χ0n) is 14.2. The lowest BCUT2D eigenvalue weighted by Crippen LogP contribution is -2.45. The summed E-state index contributed by atoms with van der Waals surface area (Å²) in [4.78, 5) is 6.52. The molecule has 0 radical (unpaired) electrons. The first-order valence-electron chi connectivity index (χ1n) is 7.94. The second-order valence-corrected chi connectivity index (χ2v) is 6.01. The fourth-order valence-corrected chi connectivity index (χ4v) is 2.70. The highest BCUT2D eigenvalue weighted by atomic mass is 127. The van der Waals surface area contributed by atoms with Crippen LogP contribution in [0.1, 0.15) is 37.9 Å². The molecule has 24 heavy (non-hydrogen) atoms. The van der Waals surface area contributed by atoms with Gasteiger partial charge < -0.3 is 10.2 Å². The molecule has 9 heteroatoms. The molecule has 0 atom stereocenters. The van der Waals surface area contributed by atoms with Crippen LogP contribution in [0.25, 0.3) is 0 Å². The van der Waals surface area contributed by atoms with Crippen molar-refractivity contribution in [2.24, 2.45) is 18.0 Å². The van der Waals surface area contributed by atoms with Crippen LogP contribution in [-0.2, 0) is 19.8 Å². The van der Waals surface area contributed by atoms with Crippen molar-refractivity contribution in [2.45, 2.75) is 39.4 Å². The number of nitrogens with one attached hydrogen (secondary N) is 1. The highest BCUT2D eigenvalue weighted by Crippen LogP contribution is 2.30. The first-order valence-corrected chi connectivity index (χ1v) is 7.94. The number of aromatic nitrogens is 2. The maximum absolute atomic E-state index is 13.0. The van der Waals surface area contributed by atoms with Crippen LogP contribution in [0.4, 0.5) is 13.2 Å². The highest BCUT2D eigenvalue weighted by molar-refractivity contribution is 14.0. The lowest BCUT2D eigenvalue weighted by Gasteiger charge is -2.33. The molecule has 0 unspecified atom stereocenters. The van der Waals surface area contributed by atoms with E-state index in [1.54, 1.807) is 0 Å². The van der Waals surface area contributed by atoms with Gasteiger partial charge in [0.15, 0.2) is 11.7 Å². The summed E-state index contributed by atoms with van der Waals surface area (Å²) in [6.45, 7) is 6.58. The number of aliphatic imine (C=N–C) groups is 1. The van der Waals surface area contributed by atoms with Crippen molar-refractivity contribution in [2.75, 3.05) is 19.6 Å². The fourth-order valence-electron chi connectivity index (χ4n) is 2.70. The first kappa shape index (κ1) is 21.0. The largest absolute Gasteiger partial charge is 0.435 e. The average molecular weight is 459 g/mol. The Kier molecular flexibility index (Phi) is 7.81. The summed E-state index contributed by atoms with van der Waals surface area (Å²) in [7, 11) is 1.49. The minimum atomic E-state index is -4.45. The van der Waals surface area contributed by atoms with E-state index in [9.17, 15) is 13.2 Å². The zero-order valence-corrected chi connectivity index (χ0v) is 16.6. The summed E-state index contributed by atoms with van der Waals surface area (Å²) in [5, 5.41) is 6.69. The van der Waals surface area contributed by atoms with Gasteiger partial charge in [-0.2, -0.15) is 18.3 Å². The molecule has 0 spiro atoms. The summed E-state index contributed by atoms with van der Waals surface area (Å²) in [5.74, 6) is 1.36. The van der Waals surface area contributed by atoms with Crippen LogP contribution in [0, 0.1) is 5.92 Å². The maximum atomic E-state index is 13.0. The number of likely N-dealkylation sites (tertiary alicyclic amines) is 1. The van der Waals surface area contributed by atoms with E-state index in [0.717, 1.165) is 25.9 Å². The van der Waals surface area contributed by atoms with Crippen molar-refractivity contribution < 1.29 is 13.2 Å². The molecular formula is C15H25F3IN5. The monoisotopic (exact) mass is 459 g/mol. The smallest absolute Gasteiger partial charge is 0.357 e. The minimum absolute atomic E-state index is 0. The van der Waals surface area contributed by atoms with Gasteiger partial charge in [-0.25, -0.2) is 4.99 Å². The van der Waals surface area contributed by atoms with E-state index in [1.807, 2.05) is 6.92 Å². The van der Waals surface area contributed by atoms with Crippen molar-refractivity contribution in [1.29, 1.82) is 0 Å². The van der Waals surface area contributed by atoms with Crippen LogP contribution in [0.15, 0.2) is 11.2 Å². The number of piperidine rings is 1. The number of nitrogens with zero attached hydrogens (tertiary/aromatic N) is 4. The predicted octanol–water partition coefficient (Wildman–Crippen LogP) is 3.25. The van der Waals surface area contributed by atoms with E-state index in [0.29, 0.717) is 18.4 Å². The number of guanidine groups is 1. The van der Waals surface area contributed by atoms with E-state index in [4.69, 9.17) is 0 Å². The third-order valence-corrected chi connectivity index (χ3v) is 3.99. The van der Waals surface area contributed by atoms with Gasteiger partial charge in [0.2, 0.25) is 0 Å². The number of rotatable bonds is 3. The standard InChI is InChI=1S/C15H24F3N5.HI/c1-4-19-14(23-7-5-11(2)6-8-23)20-9-12-10-22(3)21-13(12)15(16,17)18;/h10-11H,4-9H2,1-3H3,(H,19,20);1H. The molecule has 5 nitrogen and oxygen atoms in total. The molecule has 1 fully saturated rings. The lowest BCUT2D eigenvalue weighted by atomic mass is 10.00. The first-order chi connectivity index (χ1) is 10.8. The molecule has 1 aliphatic heterocycles. The molecule has 138 valence electrons. The molecule has 1 aromatic rings. The Balaban J connectivity index is 0.00000288. The molecule has 1 saturated heterocycles. The topological polar surface area (TPSA) is 45.5 Å². The average Bonchev–Trinajstić information content (AvgIpc) is 2.86. The van der Waals surface area contributed by atoms with Crippen LogP contribution in [0.3, 0.4) is 0 Å². The van der Waals surface area contributed by atoms with Gasteiger partial charge in [-0.1, -0.05) is 6.92 Å². The van der Waals surface area contributed by atoms with E-state index >= 15 is 0 Å². The predicted molar refractivity (Wildman–Crippen MR) is 98.4 cm³/mol. The zero-order chi connectivity index (χ0) is 17.0. The van der Waals surface area contributed by atoms with Crippen LogP contribution in [0.2, 0.25) is 0 Å². The van der Waals surface area contributed by atoms with Crippen LogP contribution < -0.4 is 5.32 Å². The highest BCUT2D eigenvalue weighted by Gasteiger charge is 2.36. The lowest BCUT2D eigenvalue weighted by molar-refractivity contribution is -0.142. The quantitative estimate of drug-likeness (QED) is 0.429. The molecule has 2 heterocycles. The molecular weight excluding hydrogens is 434 g/mol. The number of alkyl halides is 3. The third kappa shape index (κ3) is 5.52. The van der Waals surface area contributed by atoms with Crippen molar-refractivity contribution in [3.05, 3.63) is 17.5 Å². The van der Waals surface area contributed by atoms with E-state index in [1.165, 1.54) is 17.9 Å². The van der Waals surface area contributed by atoms with E-state index in [2.05, 4.69) is 27.2 Å². The van der Waals surface area contributed by atoms with Crippen LogP contribution in [0.5, 0.6) is 0 Å². The Hall–Kier alpha value is -1.00. The molecule has 0 saturated carbocycles. The van der Waals surface area contributed by atoms with Gasteiger partial charge in [0.1, 0.15) is 0 Å². The Labute approximate surface area is 157 Å². The molecule has 0 bridgehead atoms. The van der Waals surface area contributed by atoms with Crippen molar-refractivity contribution in [1.82, 2.24) is 20.0 Å². The third-order valence-electron chi connectivity index (χ3n) is 3.99. The van der Waals surface area contributed by atoms with Gasteiger partial charge in [-0.15, -0.1) is 24.0 Å². The van der Waals surface area contributed by atoms with Gasteiger partial charge in [0, 0.05) is 38.4 Å². The molecule has 1 N–H and O–H groups in total. The molecule has 0 aliphatic carbocycles. The summed E-state index contributed by atoms with van der Waals surface area (Å²) in [6, 6.07) is 0. The number of hydrogen-bond acceptors (Lipinski definition) is 2. The summed E-state index contributed by atoms with van der Waals surface area (Å²) >= 11 is 0. The Morgan fingerprint density at radius 1 is 1.38 bits per heavy atom. The minimum Gasteiger partial charge on any atom is -0.357 e. The second kappa shape index (κ2) is 8.91. The number of hydrogen-bond donors (Lipinski definition) is 1. The van der Waals surface area contributed by atoms with Crippen molar-refractivity contribution in [3.8, 4) is 0 Å². The van der Waals surface area contributed by atoms with Crippen LogP contribution >= 0.6 is 24.0 Å². The van der Waals surface area contributed by atoms with E-state index < -0.39 is 11.9 Å². The number of halogens is 4. The second-order valence-electron chi connectivity index (χ2n) is 6.01. The molecule has 0 aromatic carbocycles. The molecule has 1 aromatic heterocycles. The maximum Gasteiger partial charge on any atom is 0.435 e. The Bertz CT molecular complexity index is 548. The van der Waals surface area contributed by atoms with Gasteiger partial charge >= 0.3 is 6.18 Å². The van der Waals surface area contributed by atoms with Gasteiger partial charge in [-0.05, 0) is 25.7 Å². The summed E-state index contributed by atoms with van der Waals surface area (Å²) < 4.78 is 40.1. The normalized spacial score (nSPS) is 16.9. The van der Waals surface area contributed by atoms with Gasteiger partial charge in [0.05, 0.1) is 6.54 Å². The molecule has 1 aliphatic rings. The summed E-state index contributed by atoms with van der Waals surface area (Å²) in [5.41, 5.74) is -0.757. The Morgan fingerprint density at radius 2 is 2.00 bits per heavy atom. The van der Waals surface area contributed by atoms with E-state index in [-0.39, 0.29) is 36.1 Å². The van der Waals surface area contributed by atoms with Gasteiger partial charge in [0.25, 0.3) is 0 Å². The SMILES string of the molecule is CCNC(=NCc1cn(C)nc1C(F)(F)F)N1CCC(C)CC1.I. The summed E-state index contributed by atoms with van der Waals surface area (Å²) in [6.07, 6.45) is -0.921. The number of aryl methyl sites for hydroxylation is 1. The van der Waals surface area contributed by atoms with Crippen molar-refractivity contribution in [3.63, 3.8) is 0 Å². The molecule has 0 amide bonds. The molecule has 2 rings (SSSR count). The van der Waals surface area contributed by atoms with Crippen molar-refractivity contribution >= 4 is 29.9 Å². The van der Waals surface area contributed by atoms with Crippen LogP contribution in [-0.4, -0.2) is 40.3 Å². The Morgan fingerprint density at radius 3 is 2.54 bits per heavy atom. The van der Waals surface area contributed by atoms with Gasteiger partial charge in [-0.3, -0.25) is 4.68 Å².